The van der Waals surface area contributed by atoms with Crippen molar-refractivity contribution in [2.45, 2.75) is 4.90 Å². The van der Waals surface area contributed by atoms with Crippen LogP contribution in [-0.2, 0) is 10.0 Å². The summed E-state index contributed by atoms with van der Waals surface area (Å²) < 4.78 is 28.8. The van der Waals surface area contributed by atoms with E-state index in [4.69, 9.17) is 11.6 Å². The van der Waals surface area contributed by atoms with Gasteiger partial charge in [-0.05, 0) is 24.3 Å². The predicted octanol–water partition coefficient (Wildman–Crippen LogP) is 1.77. The van der Waals surface area contributed by atoms with Crippen LogP contribution < -0.4 is 16.0 Å². The van der Waals surface area contributed by atoms with Gasteiger partial charge in [0, 0.05) is 17.4 Å². The van der Waals surface area contributed by atoms with Crippen LogP contribution in [0.4, 0.5) is 5.69 Å². The Hall–Kier alpha value is -3.70. The summed E-state index contributed by atoms with van der Waals surface area (Å²) >= 11 is 6.18. The Kier molecular flexibility index (Phi) is 4.98. The van der Waals surface area contributed by atoms with Crippen LogP contribution >= 0.6 is 11.6 Å². The molecule has 0 fully saturated rings. The maximum atomic E-state index is 12.5. The number of hydrogen-bond acceptors (Lipinski definition) is 6. The molecule has 3 N–H and O–H groups in total. The van der Waals surface area contributed by atoms with Gasteiger partial charge in [-0.15, -0.1) is 5.10 Å². The van der Waals surface area contributed by atoms with Crippen molar-refractivity contribution in [3.63, 3.8) is 0 Å². The van der Waals surface area contributed by atoms with Gasteiger partial charge in [-0.2, -0.15) is 0 Å². The summed E-state index contributed by atoms with van der Waals surface area (Å²) in [4.78, 5) is 26.3. The lowest BCUT2D eigenvalue weighted by atomic mass is 10.1. The van der Waals surface area contributed by atoms with Gasteiger partial charge in [0.05, 0.1) is 16.9 Å². The van der Waals surface area contributed by atoms with Gasteiger partial charge in [-0.3, -0.25) is 14.5 Å². The van der Waals surface area contributed by atoms with E-state index in [-0.39, 0.29) is 5.69 Å². The highest BCUT2D eigenvalue weighted by Crippen LogP contribution is 2.24. The Balaban J connectivity index is 1.65. The van der Waals surface area contributed by atoms with Crippen molar-refractivity contribution in [1.82, 2.24) is 25.0 Å². The molecule has 0 aliphatic heterocycles. The SMILES string of the molecule is O=c1[nH]cc(S(=O)(=O)Nc2cccc(-c3cn(-c4ccccc4Cl)nn3)c2)c(=O)[nH]1. The highest BCUT2D eigenvalue weighted by molar-refractivity contribution is 7.92. The Morgan fingerprint density at radius 3 is 2.63 bits per heavy atom. The average Bonchev–Trinajstić information content (AvgIpc) is 3.18. The van der Waals surface area contributed by atoms with Crippen LogP contribution in [0.5, 0.6) is 0 Å². The van der Waals surface area contributed by atoms with Crippen molar-refractivity contribution in [3.05, 3.63) is 86.8 Å². The zero-order valence-corrected chi connectivity index (χ0v) is 16.6. The minimum absolute atomic E-state index is 0.199. The summed E-state index contributed by atoms with van der Waals surface area (Å²) in [6.45, 7) is 0. The minimum Gasteiger partial charge on any atom is -0.313 e. The molecule has 0 saturated heterocycles. The van der Waals surface area contributed by atoms with Gasteiger partial charge in [0.2, 0.25) is 0 Å². The number of aromatic nitrogens is 5. The van der Waals surface area contributed by atoms with Crippen LogP contribution in [-0.4, -0.2) is 33.4 Å². The van der Waals surface area contributed by atoms with Crippen LogP contribution in [0.15, 0.2) is 75.4 Å². The molecular formula is C18H13ClN6O4S. The molecule has 4 rings (SSSR count). The van der Waals surface area contributed by atoms with E-state index in [0.29, 0.717) is 22.0 Å². The highest BCUT2D eigenvalue weighted by Gasteiger charge is 2.19. The predicted molar refractivity (Wildman–Crippen MR) is 110 cm³/mol. The van der Waals surface area contributed by atoms with E-state index < -0.39 is 26.2 Å². The molecule has 2 heterocycles. The van der Waals surface area contributed by atoms with Gasteiger partial charge in [0.25, 0.3) is 15.6 Å². The molecule has 2 aromatic carbocycles. The summed E-state index contributed by atoms with van der Waals surface area (Å²) in [5, 5.41) is 8.67. The number of hydrogen-bond donors (Lipinski definition) is 3. The summed E-state index contributed by atoms with van der Waals surface area (Å²) in [6, 6.07) is 13.5. The quantitative estimate of drug-likeness (QED) is 0.428. The van der Waals surface area contributed by atoms with E-state index in [2.05, 4.69) is 20.0 Å². The Bertz CT molecular complexity index is 1460. The second-order valence-corrected chi connectivity index (χ2v) is 8.18. The second kappa shape index (κ2) is 7.61. The number of H-pyrrole nitrogens is 2. The van der Waals surface area contributed by atoms with Crippen molar-refractivity contribution < 1.29 is 8.42 Å². The Labute approximate surface area is 174 Å². The van der Waals surface area contributed by atoms with Gasteiger partial charge in [-0.25, -0.2) is 17.9 Å². The first kappa shape index (κ1) is 19.6. The van der Waals surface area contributed by atoms with Crippen LogP contribution in [0, 0.1) is 0 Å². The molecule has 0 radical (unpaired) electrons. The van der Waals surface area contributed by atoms with Crippen molar-refractivity contribution >= 4 is 27.3 Å². The van der Waals surface area contributed by atoms with E-state index in [1.54, 1.807) is 42.6 Å². The standard InChI is InChI=1S/C18H13ClN6O4S/c19-13-6-1-2-7-15(13)25-10-14(22-24-25)11-4-3-5-12(8-11)23-30(28,29)16-9-20-18(27)21-17(16)26/h1-10,23H,(H2,20,21,26,27). The molecule has 0 atom stereocenters. The summed E-state index contributed by atoms with van der Waals surface area (Å²) in [5.74, 6) is 0. The van der Waals surface area contributed by atoms with Gasteiger partial charge >= 0.3 is 5.69 Å². The van der Waals surface area contributed by atoms with Crippen molar-refractivity contribution in [3.8, 4) is 16.9 Å². The van der Waals surface area contributed by atoms with E-state index in [0.717, 1.165) is 6.20 Å². The first-order chi connectivity index (χ1) is 14.3. The largest absolute Gasteiger partial charge is 0.325 e. The number of rotatable bonds is 5. The molecule has 4 aromatic rings. The van der Waals surface area contributed by atoms with Crippen LogP contribution in [0.25, 0.3) is 16.9 Å². The zero-order valence-electron chi connectivity index (χ0n) is 15.0. The summed E-state index contributed by atoms with van der Waals surface area (Å²) in [7, 11) is -4.23. The zero-order chi connectivity index (χ0) is 21.3. The van der Waals surface area contributed by atoms with E-state index in [9.17, 15) is 18.0 Å². The second-order valence-electron chi connectivity index (χ2n) is 6.12. The molecule has 12 heteroatoms. The first-order valence-electron chi connectivity index (χ1n) is 8.46. The minimum atomic E-state index is -4.23. The normalized spacial score (nSPS) is 11.4. The number of nitrogens with zero attached hydrogens (tertiary/aromatic N) is 3. The first-order valence-corrected chi connectivity index (χ1v) is 10.3. The third-order valence-electron chi connectivity index (χ3n) is 4.08. The molecule has 0 saturated carbocycles. The van der Waals surface area contributed by atoms with Crippen LogP contribution in [0.3, 0.4) is 0 Å². The molecule has 0 amide bonds. The van der Waals surface area contributed by atoms with Gasteiger partial charge < -0.3 is 4.98 Å². The number of aromatic amines is 2. The number of halogens is 1. The summed E-state index contributed by atoms with van der Waals surface area (Å²) in [6.07, 6.45) is 2.49. The molecular weight excluding hydrogens is 432 g/mol. The maximum Gasteiger partial charge on any atom is 0.325 e. The topological polar surface area (TPSA) is 143 Å². The lowest BCUT2D eigenvalue weighted by Crippen LogP contribution is -2.29. The highest BCUT2D eigenvalue weighted by atomic mass is 35.5. The smallest absolute Gasteiger partial charge is 0.313 e. The average molecular weight is 445 g/mol. The molecule has 0 bridgehead atoms. The molecule has 0 aliphatic carbocycles. The van der Waals surface area contributed by atoms with Crippen LogP contribution in [0.1, 0.15) is 0 Å². The number of sulfonamides is 1. The van der Waals surface area contributed by atoms with Gasteiger partial charge in [-0.1, -0.05) is 41.1 Å². The molecule has 0 spiro atoms. The Morgan fingerprint density at radius 2 is 1.87 bits per heavy atom. The molecule has 10 nitrogen and oxygen atoms in total. The van der Waals surface area contributed by atoms with Crippen molar-refractivity contribution in [2.24, 2.45) is 0 Å². The fourth-order valence-electron chi connectivity index (χ4n) is 2.70. The lowest BCUT2D eigenvalue weighted by Gasteiger charge is -2.08. The number of para-hydroxylation sites is 1. The van der Waals surface area contributed by atoms with Crippen LogP contribution in [0.2, 0.25) is 5.02 Å². The van der Waals surface area contributed by atoms with Crippen molar-refractivity contribution in [2.75, 3.05) is 4.72 Å². The lowest BCUT2D eigenvalue weighted by molar-refractivity contribution is 0.599. The van der Waals surface area contributed by atoms with E-state index in [1.165, 1.54) is 10.7 Å². The van der Waals surface area contributed by atoms with E-state index in [1.807, 2.05) is 11.1 Å². The third-order valence-corrected chi connectivity index (χ3v) is 5.78. The molecule has 30 heavy (non-hydrogen) atoms. The fraction of sp³-hybridized carbons (Fsp3) is 0. The third kappa shape index (κ3) is 3.88. The fourth-order valence-corrected chi connectivity index (χ4v) is 3.98. The number of anilines is 1. The molecule has 152 valence electrons. The maximum absolute atomic E-state index is 12.5. The van der Waals surface area contributed by atoms with E-state index >= 15 is 0 Å². The Morgan fingerprint density at radius 1 is 1.07 bits per heavy atom. The number of benzene rings is 2. The monoisotopic (exact) mass is 444 g/mol. The van der Waals surface area contributed by atoms with Gasteiger partial charge in [0.15, 0.2) is 4.90 Å². The summed E-state index contributed by atoms with van der Waals surface area (Å²) in [5.41, 5.74) is 0.0897. The number of nitrogens with one attached hydrogen (secondary N) is 3. The van der Waals surface area contributed by atoms with Crippen molar-refractivity contribution in [1.29, 1.82) is 0 Å². The van der Waals surface area contributed by atoms with Gasteiger partial charge in [0.1, 0.15) is 5.69 Å². The molecule has 0 aliphatic rings. The molecule has 2 aromatic heterocycles. The molecule has 0 unspecified atom stereocenters.